The van der Waals surface area contributed by atoms with Gasteiger partial charge in [-0.1, -0.05) is 6.07 Å². The van der Waals surface area contributed by atoms with Crippen LogP contribution in [0.15, 0.2) is 22.8 Å². The Morgan fingerprint density at radius 2 is 2.00 bits per heavy atom. The van der Waals surface area contributed by atoms with E-state index >= 15 is 0 Å². The average molecular weight is 231 g/mol. The lowest BCUT2D eigenvalue weighted by molar-refractivity contribution is 0.0944. The van der Waals surface area contributed by atoms with Gasteiger partial charge < -0.3 is 9.73 Å². The van der Waals surface area contributed by atoms with Gasteiger partial charge in [-0.3, -0.25) is 4.79 Å². The van der Waals surface area contributed by atoms with Crippen LogP contribution in [-0.2, 0) is 0 Å². The summed E-state index contributed by atoms with van der Waals surface area (Å²) >= 11 is 0. The van der Waals surface area contributed by atoms with Gasteiger partial charge in [0.25, 0.3) is 5.91 Å². The largest absolute Gasteiger partial charge is 0.463 e. The molecule has 3 nitrogen and oxygen atoms in total. The first-order valence-corrected chi connectivity index (χ1v) is 5.78. The molecule has 0 fully saturated rings. The van der Waals surface area contributed by atoms with Crippen LogP contribution in [0.1, 0.15) is 35.3 Å². The van der Waals surface area contributed by atoms with E-state index in [0.717, 1.165) is 22.1 Å². The van der Waals surface area contributed by atoms with Gasteiger partial charge in [-0.05, 0) is 44.9 Å². The first-order valence-electron chi connectivity index (χ1n) is 5.78. The van der Waals surface area contributed by atoms with E-state index in [0.29, 0.717) is 5.56 Å². The molecule has 0 atom stereocenters. The monoisotopic (exact) mass is 231 g/mol. The normalized spacial score (nSPS) is 11.1. The van der Waals surface area contributed by atoms with Crippen molar-refractivity contribution >= 4 is 16.9 Å². The molecule has 2 aromatic rings. The maximum atomic E-state index is 12.0. The number of nitrogens with one attached hydrogen (secondary N) is 1. The van der Waals surface area contributed by atoms with Crippen LogP contribution < -0.4 is 5.32 Å². The predicted octanol–water partition coefficient (Wildman–Crippen LogP) is 3.19. The fourth-order valence-corrected chi connectivity index (χ4v) is 2.01. The van der Waals surface area contributed by atoms with Gasteiger partial charge in [0.15, 0.2) is 0 Å². The SMILES string of the molecule is Cc1cc(C)c2occ(C(=O)NC(C)C)c2c1. The van der Waals surface area contributed by atoms with E-state index in [-0.39, 0.29) is 11.9 Å². The quantitative estimate of drug-likeness (QED) is 0.862. The summed E-state index contributed by atoms with van der Waals surface area (Å²) in [5, 5.41) is 3.77. The van der Waals surface area contributed by atoms with Gasteiger partial charge in [-0.15, -0.1) is 0 Å². The number of carbonyl (C=O) groups excluding carboxylic acids is 1. The van der Waals surface area contributed by atoms with E-state index in [1.165, 1.54) is 6.26 Å². The summed E-state index contributed by atoms with van der Waals surface area (Å²) < 4.78 is 5.48. The Labute approximate surface area is 101 Å². The molecule has 1 aromatic heterocycles. The first kappa shape index (κ1) is 11.7. The van der Waals surface area contributed by atoms with Gasteiger partial charge in [0.2, 0.25) is 0 Å². The summed E-state index contributed by atoms with van der Waals surface area (Å²) in [5.74, 6) is -0.0799. The first-order chi connectivity index (χ1) is 7.99. The number of aryl methyl sites for hydroxylation is 2. The predicted molar refractivity (Wildman–Crippen MR) is 68.3 cm³/mol. The summed E-state index contributed by atoms with van der Waals surface area (Å²) in [4.78, 5) is 12.0. The van der Waals surface area contributed by atoms with Gasteiger partial charge in [0.05, 0.1) is 5.56 Å². The van der Waals surface area contributed by atoms with Crippen LogP contribution in [0.2, 0.25) is 0 Å². The zero-order chi connectivity index (χ0) is 12.6. The summed E-state index contributed by atoms with van der Waals surface area (Å²) in [6.07, 6.45) is 1.54. The molecular formula is C14H17NO2. The molecular weight excluding hydrogens is 214 g/mol. The Morgan fingerprint density at radius 3 is 2.65 bits per heavy atom. The maximum absolute atomic E-state index is 12.0. The molecule has 0 spiro atoms. The lowest BCUT2D eigenvalue weighted by atomic mass is 10.1. The Morgan fingerprint density at radius 1 is 1.29 bits per heavy atom. The Bertz CT molecular complexity index is 567. The number of furan rings is 1. The molecule has 2 rings (SSSR count). The van der Waals surface area contributed by atoms with Crippen molar-refractivity contribution in [2.45, 2.75) is 33.7 Å². The molecule has 1 heterocycles. The van der Waals surface area contributed by atoms with E-state index in [4.69, 9.17) is 4.42 Å². The second kappa shape index (κ2) is 4.24. The lowest BCUT2D eigenvalue weighted by Crippen LogP contribution is -2.29. The van der Waals surface area contributed by atoms with Crippen molar-refractivity contribution in [1.29, 1.82) is 0 Å². The highest BCUT2D eigenvalue weighted by molar-refractivity contribution is 6.06. The molecule has 1 amide bonds. The van der Waals surface area contributed by atoms with Gasteiger partial charge in [0, 0.05) is 11.4 Å². The van der Waals surface area contributed by atoms with E-state index in [1.807, 2.05) is 33.8 Å². The van der Waals surface area contributed by atoms with Gasteiger partial charge in [-0.25, -0.2) is 0 Å². The molecule has 1 aromatic carbocycles. The van der Waals surface area contributed by atoms with Crippen molar-refractivity contribution in [3.63, 3.8) is 0 Å². The van der Waals surface area contributed by atoms with Crippen molar-refractivity contribution in [3.05, 3.63) is 35.1 Å². The van der Waals surface area contributed by atoms with Crippen molar-refractivity contribution in [2.24, 2.45) is 0 Å². The molecule has 0 radical (unpaired) electrons. The van der Waals surface area contributed by atoms with Gasteiger partial charge in [0.1, 0.15) is 11.8 Å². The fraction of sp³-hybridized carbons (Fsp3) is 0.357. The van der Waals surface area contributed by atoms with E-state index < -0.39 is 0 Å². The number of benzene rings is 1. The van der Waals surface area contributed by atoms with Crippen LogP contribution in [-0.4, -0.2) is 11.9 Å². The van der Waals surface area contributed by atoms with Crippen LogP contribution in [0.3, 0.4) is 0 Å². The second-order valence-electron chi connectivity index (χ2n) is 4.74. The van der Waals surface area contributed by atoms with Crippen LogP contribution >= 0.6 is 0 Å². The minimum Gasteiger partial charge on any atom is -0.463 e. The summed E-state index contributed by atoms with van der Waals surface area (Å²) in [7, 11) is 0. The molecule has 1 N–H and O–H groups in total. The highest BCUT2D eigenvalue weighted by Crippen LogP contribution is 2.25. The standard InChI is InChI=1S/C14H17NO2/c1-8(2)15-14(16)12-7-17-13-10(4)5-9(3)6-11(12)13/h5-8H,1-4H3,(H,15,16). The van der Waals surface area contributed by atoms with Gasteiger partial charge in [-0.2, -0.15) is 0 Å². The number of amides is 1. The summed E-state index contributed by atoms with van der Waals surface area (Å²) in [6, 6.07) is 4.16. The van der Waals surface area contributed by atoms with Crippen molar-refractivity contribution < 1.29 is 9.21 Å². The van der Waals surface area contributed by atoms with E-state index in [1.54, 1.807) is 0 Å². The number of fused-ring (bicyclic) bond motifs is 1. The fourth-order valence-electron chi connectivity index (χ4n) is 2.01. The molecule has 3 heteroatoms. The van der Waals surface area contributed by atoms with Crippen LogP contribution in [0, 0.1) is 13.8 Å². The van der Waals surface area contributed by atoms with E-state index in [9.17, 15) is 4.79 Å². The van der Waals surface area contributed by atoms with Crippen molar-refractivity contribution in [2.75, 3.05) is 0 Å². The molecule has 0 saturated heterocycles. The summed E-state index contributed by atoms with van der Waals surface area (Å²) in [5.41, 5.74) is 3.60. The van der Waals surface area contributed by atoms with Crippen LogP contribution in [0.5, 0.6) is 0 Å². The zero-order valence-corrected chi connectivity index (χ0v) is 10.6. The number of hydrogen-bond acceptors (Lipinski definition) is 2. The lowest BCUT2D eigenvalue weighted by Gasteiger charge is -2.06. The average Bonchev–Trinajstić information content (AvgIpc) is 2.59. The number of carbonyl (C=O) groups is 1. The Balaban J connectivity index is 2.52. The summed E-state index contributed by atoms with van der Waals surface area (Å²) in [6.45, 7) is 7.89. The minimum atomic E-state index is -0.0799. The Hall–Kier alpha value is -1.77. The van der Waals surface area contributed by atoms with Crippen LogP contribution in [0.25, 0.3) is 11.0 Å². The smallest absolute Gasteiger partial charge is 0.255 e. The molecule has 0 aliphatic carbocycles. The third-order valence-electron chi connectivity index (χ3n) is 2.67. The molecule has 0 saturated carbocycles. The topological polar surface area (TPSA) is 42.2 Å². The highest BCUT2D eigenvalue weighted by Gasteiger charge is 2.15. The maximum Gasteiger partial charge on any atom is 0.255 e. The van der Waals surface area contributed by atoms with E-state index in [2.05, 4.69) is 11.4 Å². The molecule has 17 heavy (non-hydrogen) atoms. The van der Waals surface area contributed by atoms with Crippen LogP contribution in [0.4, 0.5) is 0 Å². The molecule has 0 aliphatic rings. The highest BCUT2D eigenvalue weighted by atomic mass is 16.3. The zero-order valence-electron chi connectivity index (χ0n) is 10.6. The third kappa shape index (κ3) is 2.18. The third-order valence-corrected chi connectivity index (χ3v) is 2.67. The van der Waals surface area contributed by atoms with Crippen molar-refractivity contribution in [1.82, 2.24) is 5.32 Å². The molecule has 0 bridgehead atoms. The minimum absolute atomic E-state index is 0.0799. The number of hydrogen-bond donors (Lipinski definition) is 1. The van der Waals surface area contributed by atoms with Crippen molar-refractivity contribution in [3.8, 4) is 0 Å². The Kier molecular flexibility index (Phi) is 2.92. The number of rotatable bonds is 2. The molecule has 0 unspecified atom stereocenters. The second-order valence-corrected chi connectivity index (χ2v) is 4.74. The van der Waals surface area contributed by atoms with Gasteiger partial charge >= 0.3 is 0 Å². The molecule has 0 aliphatic heterocycles. The molecule has 90 valence electrons.